The van der Waals surface area contributed by atoms with Crippen molar-refractivity contribution >= 4 is 41.5 Å². The van der Waals surface area contributed by atoms with E-state index in [-0.39, 0.29) is 32.1 Å². The summed E-state index contributed by atoms with van der Waals surface area (Å²) in [4.78, 5) is 80.5. The van der Waals surface area contributed by atoms with Crippen molar-refractivity contribution < 1.29 is 59.1 Å². The van der Waals surface area contributed by atoms with Gasteiger partial charge in [-0.05, 0) is 25.7 Å². The number of primary amides is 1. The first-order valence-corrected chi connectivity index (χ1v) is 11.3. The molecule has 4 unspecified atom stereocenters. The minimum absolute atomic E-state index is 0.230. The summed E-state index contributed by atoms with van der Waals surface area (Å²) in [5.74, 6) is -2.37. The van der Waals surface area contributed by atoms with E-state index < -0.39 is 91.3 Å². The Morgan fingerprint density at radius 2 is 0.947 bits per heavy atom. The lowest BCUT2D eigenvalue weighted by atomic mass is 10.1. The topological polar surface area (TPSA) is 321 Å². The monoisotopic (exact) mass is 550 g/mol. The molecular weight excluding hydrogens is 516 g/mol. The number of rotatable bonds is 20. The Bertz CT molecular complexity index is 867. The molecule has 216 valence electrons. The van der Waals surface area contributed by atoms with Crippen LogP contribution in [0.5, 0.6) is 0 Å². The predicted octanol–water partition coefficient (Wildman–Crippen LogP) is -4.56. The smallest absolute Gasteiger partial charge is 0.326 e. The first kappa shape index (κ1) is 34.1. The molecule has 0 aliphatic carbocycles. The van der Waals surface area contributed by atoms with Crippen LogP contribution >= 0.6 is 0 Å². The molecule has 0 bridgehead atoms. The number of hydrogen-bond donors (Lipinski definition) is 11. The van der Waals surface area contributed by atoms with E-state index >= 15 is 0 Å². The number of amides is 4. The van der Waals surface area contributed by atoms with Gasteiger partial charge in [0, 0.05) is 25.7 Å². The number of hydrogen-bond acceptors (Lipinski definition) is 11. The Kier molecular flexibility index (Phi) is 15.8. The van der Waals surface area contributed by atoms with Crippen molar-refractivity contribution in [3.63, 3.8) is 0 Å². The molecule has 0 saturated heterocycles. The number of nitrogens with two attached hydrogens (primary N) is 2. The Hall–Kier alpha value is -3.87. The van der Waals surface area contributed by atoms with Gasteiger partial charge in [0.2, 0.25) is 23.6 Å². The second-order valence-electron chi connectivity index (χ2n) is 8.18. The van der Waals surface area contributed by atoms with Gasteiger partial charge in [0.15, 0.2) is 6.29 Å². The number of hydrazine groups is 1. The predicted molar refractivity (Wildman–Crippen MR) is 124 cm³/mol. The molecule has 13 N–H and O–H groups in total. The fourth-order valence-electron chi connectivity index (χ4n) is 3.02. The van der Waals surface area contributed by atoms with Crippen LogP contribution in [-0.2, 0) is 33.6 Å². The van der Waals surface area contributed by atoms with E-state index in [2.05, 4.69) is 16.0 Å². The number of aliphatic hydroxyl groups is 2. The van der Waals surface area contributed by atoms with E-state index in [9.17, 15) is 48.9 Å². The average molecular weight is 551 g/mol. The van der Waals surface area contributed by atoms with Gasteiger partial charge in [0.1, 0.15) is 18.1 Å². The number of carboxylic acids is 3. The lowest BCUT2D eigenvalue weighted by Gasteiger charge is -2.21. The summed E-state index contributed by atoms with van der Waals surface area (Å²) >= 11 is 0. The van der Waals surface area contributed by atoms with Crippen molar-refractivity contribution in [2.45, 2.75) is 81.8 Å². The highest BCUT2D eigenvalue weighted by molar-refractivity contribution is 5.85. The molecule has 0 fully saturated rings. The van der Waals surface area contributed by atoms with Gasteiger partial charge < -0.3 is 47.2 Å². The van der Waals surface area contributed by atoms with E-state index in [1.165, 1.54) is 0 Å². The van der Waals surface area contributed by atoms with Gasteiger partial charge in [-0.15, -0.1) is 0 Å². The molecule has 0 aliphatic rings. The maximum absolute atomic E-state index is 12.2. The molecule has 0 rings (SSSR count). The van der Waals surface area contributed by atoms with E-state index in [4.69, 9.17) is 21.8 Å². The molecule has 38 heavy (non-hydrogen) atoms. The second-order valence-corrected chi connectivity index (χ2v) is 8.18. The van der Waals surface area contributed by atoms with E-state index in [0.29, 0.717) is 0 Å². The normalized spacial score (nSPS) is 14.0. The Balaban J connectivity index is 4.79. The molecule has 0 aromatic carbocycles. The van der Waals surface area contributed by atoms with Crippen LogP contribution < -0.4 is 33.0 Å². The van der Waals surface area contributed by atoms with Crippen LogP contribution in [-0.4, -0.2) is 97.5 Å². The first-order valence-electron chi connectivity index (χ1n) is 11.3. The minimum atomic E-state index is -2.12. The third-order valence-electron chi connectivity index (χ3n) is 5.15. The number of aliphatic carboxylic acids is 3. The summed E-state index contributed by atoms with van der Waals surface area (Å²) in [6.45, 7) is 0. The van der Waals surface area contributed by atoms with Crippen molar-refractivity contribution in [3.05, 3.63) is 0 Å². The van der Waals surface area contributed by atoms with Gasteiger partial charge in [-0.3, -0.25) is 29.8 Å². The zero-order valence-corrected chi connectivity index (χ0v) is 20.3. The van der Waals surface area contributed by atoms with Gasteiger partial charge in [0.25, 0.3) is 0 Å². The number of aliphatic hydroxyl groups excluding tert-OH is 1. The highest BCUT2D eigenvalue weighted by atomic mass is 16.5. The highest BCUT2D eigenvalue weighted by Crippen LogP contribution is 2.07. The number of carbonyl (C=O) groups excluding carboxylic acids is 4. The second kappa shape index (κ2) is 17.6. The molecule has 18 heteroatoms. The van der Waals surface area contributed by atoms with E-state index in [1.54, 1.807) is 0 Å². The molecule has 0 spiro atoms. The summed E-state index contributed by atoms with van der Waals surface area (Å²) in [7, 11) is 0. The maximum Gasteiger partial charge on any atom is 0.326 e. The molecule has 0 aliphatic heterocycles. The van der Waals surface area contributed by atoms with Crippen molar-refractivity contribution in [2.75, 3.05) is 0 Å². The molecule has 0 aromatic heterocycles. The molecule has 0 heterocycles. The fraction of sp³-hybridized carbons (Fsp3) is 0.650. The van der Waals surface area contributed by atoms with Crippen molar-refractivity contribution in [1.29, 1.82) is 0 Å². The maximum atomic E-state index is 12.2. The zero-order chi connectivity index (χ0) is 29.4. The Morgan fingerprint density at radius 3 is 1.32 bits per heavy atom. The summed E-state index contributed by atoms with van der Waals surface area (Å²) < 4.78 is 0. The van der Waals surface area contributed by atoms with E-state index in [1.807, 2.05) is 5.43 Å². The van der Waals surface area contributed by atoms with Crippen LogP contribution in [0.2, 0.25) is 0 Å². The summed E-state index contributed by atoms with van der Waals surface area (Å²) in [6.07, 6.45) is -4.94. The Labute approximate surface area is 216 Å². The van der Waals surface area contributed by atoms with Crippen LogP contribution in [0.15, 0.2) is 0 Å². The first-order chi connectivity index (χ1) is 17.7. The molecule has 4 amide bonds. The third-order valence-corrected chi connectivity index (χ3v) is 5.15. The highest BCUT2D eigenvalue weighted by Gasteiger charge is 2.26. The standard InChI is InChI=1S/C20H34N6O12/c21-13(27)5-1-9(17(31)32)23-14(28)6-2-10(18(33)34)24-15(29)7-3-11(19(35)36)25-16(30)8-4-12(26-22)20(37)38/h9-12,18,26,33-34H,1-8,22H2,(H2,21,27)(H,23,28)(H,24,29)(H,25,30)(H,31,32)(H,35,36)(H,37,38). The van der Waals surface area contributed by atoms with Crippen LogP contribution in [0.3, 0.4) is 0 Å². The SMILES string of the molecule is NNC(CCC(=O)NC(CCC(=O)NC(CCC(=O)NC(CCC(N)=O)C(=O)O)C(O)O)C(=O)O)C(=O)O. The lowest BCUT2D eigenvalue weighted by Crippen LogP contribution is -2.46. The van der Waals surface area contributed by atoms with Gasteiger partial charge in [0.05, 0.1) is 6.04 Å². The quantitative estimate of drug-likeness (QED) is 0.0386. The van der Waals surface area contributed by atoms with Gasteiger partial charge in [-0.2, -0.15) is 0 Å². The van der Waals surface area contributed by atoms with E-state index in [0.717, 1.165) is 0 Å². The van der Waals surface area contributed by atoms with Crippen molar-refractivity contribution in [2.24, 2.45) is 11.6 Å². The molecular formula is C20H34N6O12. The average Bonchev–Trinajstić information content (AvgIpc) is 2.81. The van der Waals surface area contributed by atoms with Crippen LogP contribution in [0.25, 0.3) is 0 Å². The van der Waals surface area contributed by atoms with Crippen molar-refractivity contribution in [1.82, 2.24) is 21.4 Å². The van der Waals surface area contributed by atoms with Gasteiger partial charge >= 0.3 is 17.9 Å². The minimum Gasteiger partial charge on any atom is -0.480 e. The molecule has 0 radical (unpaired) electrons. The summed E-state index contributed by atoms with van der Waals surface area (Å²) in [5.41, 5.74) is 6.94. The molecule has 4 atom stereocenters. The van der Waals surface area contributed by atoms with Crippen molar-refractivity contribution in [3.8, 4) is 0 Å². The number of carboxylic acid groups (broad SMARTS) is 3. The summed E-state index contributed by atoms with van der Waals surface area (Å²) in [6, 6.07) is -5.54. The molecule has 18 nitrogen and oxygen atoms in total. The van der Waals surface area contributed by atoms with Gasteiger partial charge in [-0.1, -0.05) is 0 Å². The fourth-order valence-corrected chi connectivity index (χ4v) is 3.02. The Morgan fingerprint density at radius 1 is 0.579 bits per heavy atom. The number of carbonyl (C=O) groups is 7. The van der Waals surface area contributed by atoms with Crippen LogP contribution in [0.4, 0.5) is 0 Å². The number of nitrogens with one attached hydrogen (secondary N) is 4. The third kappa shape index (κ3) is 14.6. The lowest BCUT2D eigenvalue weighted by molar-refractivity contribution is -0.143. The largest absolute Gasteiger partial charge is 0.480 e. The van der Waals surface area contributed by atoms with Crippen LogP contribution in [0, 0.1) is 0 Å². The van der Waals surface area contributed by atoms with Crippen LogP contribution in [0.1, 0.15) is 51.4 Å². The van der Waals surface area contributed by atoms with Gasteiger partial charge in [-0.25, -0.2) is 15.0 Å². The summed E-state index contributed by atoms with van der Waals surface area (Å²) in [5, 5.41) is 52.7. The molecule has 0 saturated carbocycles. The zero-order valence-electron chi connectivity index (χ0n) is 20.3. The molecule has 0 aromatic rings.